The molecule has 0 bridgehead atoms. The minimum absolute atomic E-state index is 0.0926. The number of halogens is 2. The standard InChI is InChI=1S/C22H14BrFN4O3/c23-17-12-14(24)6-7-18(17)30-21-16(5-2-9-25-21)22-26-20(27-31-22)13-3-1-4-15(11-13)28-10-8-19(28)29/h1-7,9,11-12H,8,10H2. The van der Waals surface area contributed by atoms with Gasteiger partial charge in [-0.2, -0.15) is 4.98 Å². The monoisotopic (exact) mass is 480 g/mol. The fourth-order valence-electron chi connectivity index (χ4n) is 3.15. The van der Waals surface area contributed by atoms with Crippen molar-refractivity contribution in [3.63, 3.8) is 0 Å². The van der Waals surface area contributed by atoms with Crippen LogP contribution in [0, 0.1) is 5.82 Å². The fourth-order valence-corrected chi connectivity index (χ4v) is 3.58. The third-order valence-electron chi connectivity index (χ3n) is 4.79. The second-order valence-corrected chi connectivity index (χ2v) is 7.66. The van der Waals surface area contributed by atoms with Gasteiger partial charge in [-0.05, 0) is 58.4 Å². The van der Waals surface area contributed by atoms with E-state index in [9.17, 15) is 9.18 Å². The lowest BCUT2D eigenvalue weighted by molar-refractivity contribution is -0.122. The first-order valence-corrected chi connectivity index (χ1v) is 10.2. The molecule has 2 aromatic carbocycles. The normalized spacial score (nSPS) is 13.2. The van der Waals surface area contributed by atoms with E-state index in [0.717, 1.165) is 11.3 Å². The summed E-state index contributed by atoms with van der Waals surface area (Å²) < 4.78 is 25.1. The zero-order chi connectivity index (χ0) is 21.4. The molecule has 31 heavy (non-hydrogen) atoms. The largest absolute Gasteiger partial charge is 0.437 e. The average Bonchev–Trinajstić information content (AvgIpc) is 3.25. The smallest absolute Gasteiger partial charge is 0.263 e. The van der Waals surface area contributed by atoms with E-state index in [1.165, 1.54) is 18.2 Å². The molecule has 154 valence electrons. The predicted molar refractivity (Wildman–Crippen MR) is 114 cm³/mol. The van der Waals surface area contributed by atoms with Gasteiger partial charge in [0.1, 0.15) is 17.1 Å². The number of anilines is 1. The van der Waals surface area contributed by atoms with Gasteiger partial charge >= 0.3 is 0 Å². The van der Waals surface area contributed by atoms with E-state index in [2.05, 4.69) is 31.1 Å². The zero-order valence-electron chi connectivity index (χ0n) is 16.0. The van der Waals surface area contributed by atoms with Gasteiger partial charge in [0.05, 0.1) is 4.47 Å². The molecule has 0 saturated carbocycles. The molecule has 1 saturated heterocycles. The first-order valence-electron chi connectivity index (χ1n) is 9.41. The molecule has 1 fully saturated rings. The summed E-state index contributed by atoms with van der Waals surface area (Å²) in [6.45, 7) is 0.703. The Labute approximate surface area is 184 Å². The van der Waals surface area contributed by atoms with Gasteiger partial charge in [0.25, 0.3) is 5.89 Å². The van der Waals surface area contributed by atoms with E-state index in [1.54, 1.807) is 23.2 Å². The Morgan fingerprint density at radius 1 is 1.13 bits per heavy atom. The number of nitrogens with zero attached hydrogens (tertiary/aromatic N) is 4. The second kappa shape index (κ2) is 7.92. The minimum Gasteiger partial charge on any atom is -0.437 e. The van der Waals surface area contributed by atoms with Crippen LogP contribution >= 0.6 is 15.9 Å². The van der Waals surface area contributed by atoms with Gasteiger partial charge in [0.15, 0.2) is 0 Å². The predicted octanol–water partition coefficient (Wildman–Crippen LogP) is 5.23. The summed E-state index contributed by atoms with van der Waals surface area (Å²) in [6.07, 6.45) is 2.13. The molecule has 9 heteroatoms. The van der Waals surface area contributed by atoms with Crippen molar-refractivity contribution >= 4 is 27.5 Å². The van der Waals surface area contributed by atoms with Gasteiger partial charge < -0.3 is 14.2 Å². The van der Waals surface area contributed by atoms with Crippen molar-refractivity contribution in [1.29, 1.82) is 0 Å². The third kappa shape index (κ3) is 3.79. The van der Waals surface area contributed by atoms with Crippen molar-refractivity contribution in [2.45, 2.75) is 6.42 Å². The summed E-state index contributed by atoms with van der Waals surface area (Å²) >= 11 is 3.28. The van der Waals surface area contributed by atoms with Crippen molar-refractivity contribution in [2.75, 3.05) is 11.4 Å². The molecular formula is C22H14BrFN4O3. The Kier molecular flexibility index (Phi) is 4.95. The maximum Gasteiger partial charge on any atom is 0.263 e. The van der Waals surface area contributed by atoms with Crippen LogP contribution in [-0.2, 0) is 4.79 Å². The first-order chi connectivity index (χ1) is 15.1. The Bertz CT molecular complexity index is 1290. The van der Waals surface area contributed by atoms with Crippen molar-refractivity contribution in [3.8, 4) is 34.5 Å². The SMILES string of the molecule is O=C1CCN1c1cccc(-c2noc(-c3cccnc3Oc3ccc(F)cc3Br)n2)c1. The quantitative estimate of drug-likeness (QED) is 0.363. The lowest BCUT2D eigenvalue weighted by atomic mass is 10.1. The van der Waals surface area contributed by atoms with Gasteiger partial charge in [-0.1, -0.05) is 17.3 Å². The number of β-lactam (4-membered cyclic amide) rings is 1. The molecule has 3 heterocycles. The molecule has 0 N–H and O–H groups in total. The van der Waals surface area contributed by atoms with Crippen LogP contribution in [0.15, 0.2) is 69.8 Å². The van der Waals surface area contributed by atoms with Gasteiger partial charge in [0, 0.05) is 30.4 Å². The van der Waals surface area contributed by atoms with Crippen LogP contribution in [0.25, 0.3) is 22.8 Å². The average molecular weight is 481 g/mol. The van der Waals surface area contributed by atoms with Gasteiger partial charge in [0.2, 0.25) is 17.6 Å². The van der Waals surface area contributed by atoms with E-state index >= 15 is 0 Å². The molecule has 0 radical (unpaired) electrons. The van der Waals surface area contributed by atoms with Crippen LogP contribution in [-0.4, -0.2) is 27.6 Å². The van der Waals surface area contributed by atoms with Gasteiger partial charge in [-0.25, -0.2) is 9.37 Å². The summed E-state index contributed by atoms with van der Waals surface area (Å²) in [6, 6.07) is 15.0. The molecular weight excluding hydrogens is 467 g/mol. The zero-order valence-corrected chi connectivity index (χ0v) is 17.5. The van der Waals surface area contributed by atoms with Crippen LogP contribution in [0.4, 0.5) is 10.1 Å². The number of carbonyl (C=O) groups excluding carboxylic acids is 1. The molecule has 0 spiro atoms. The van der Waals surface area contributed by atoms with Gasteiger partial charge in [-0.15, -0.1) is 0 Å². The highest BCUT2D eigenvalue weighted by atomic mass is 79.9. The third-order valence-corrected chi connectivity index (χ3v) is 5.41. The molecule has 0 aliphatic carbocycles. The summed E-state index contributed by atoms with van der Waals surface area (Å²) in [5.41, 5.74) is 2.01. The summed E-state index contributed by atoms with van der Waals surface area (Å²) in [5.74, 6) is 0.946. The molecule has 1 amide bonds. The van der Waals surface area contributed by atoms with Crippen molar-refractivity contribution < 1.29 is 18.4 Å². The molecule has 4 aromatic rings. The van der Waals surface area contributed by atoms with E-state index in [0.29, 0.717) is 34.6 Å². The molecule has 1 aliphatic heterocycles. The van der Waals surface area contributed by atoms with Crippen LogP contribution in [0.2, 0.25) is 0 Å². The Morgan fingerprint density at radius 3 is 2.81 bits per heavy atom. The highest BCUT2D eigenvalue weighted by Crippen LogP contribution is 2.35. The van der Waals surface area contributed by atoms with Crippen LogP contribution < -0.4 is 9.64 Å². The number of benzene rings is 2. The number of hydrogen-bond donors (Lipinski definition) is 0. The topological polar surface area (TPSA) is 81.4 Å². The van der Waals surface area contributed by atoms with Crippen LogP contribution in [0.3, 0.4) is 0 Å². The number of carbonyl (C=O) groups is 1. The summed E-state index contributed by atoms with van der Waals surface area (Å²) in [5, 5.41) is 4.07. The Balaban J connectivity index is 1.45. The number of rotatable bonds is 5. The maximum atomic E-state index is 13.4. The van der Waals surface area contributed by atoms with E-state index < -0.39 is 0 Å². The molecule has 0 atom stereocenters. The Morgan fingerprint density at radius 2 is 2.03 bits per heavy atom. The van der Waals surface area contributed by atoms with E-state index in [4.69, 9.17) is 9.26 Å². The lowest BCUT2D eigenvalue weighted by Gasteiger charge is -2.30. The van der Waals surface area contributed by atoms with Crippen molar-refractivity contribution in [2.24, 2.45) is 0 Å². The highest BCUT2D eigenvalue weighted by molar-refractivity contribution is 9.10. The molecule has 5 rings (SSSR count). The first kappa shape index (κ1) is 19.4. The fraction of sp³-hybridized carbons (Fsp3) is 0.0909. The van der Waals surface area contributed by atoms with Crippen molar-refractivity contribution in [1.82, 2.24) is 15.1 Å². The lowest BCUT2D eigenvalue weighted by Crippen LogP contribution is -2.43. The number of amides is 1. The number of pyridine rings is 1. The van der Waals surface area contributed by atoms with Crippen LogP contribution in [0.1, 0.15) is 6.42 Å². The summed E-state index contributed by atoms with van der Waals surface area (Å²) in [4.78, 5) is 22.2. The number of ether oxygens (including phenoxy) is 1. The Hall–Kier alpha value is -3.59. The minimum atomic E-state index is -0.385. The number of aromatic nitrogens is 3. The van der Waals surface area contributed by atoms with Crippen LogP contribution in [0.5, 0.6) is 11.6 Å². The molecule has 1 aliphatic rings. The molecule has 0 unspecified atom stereocenters. The van der Waals surface area contributed by atoms with Gasteiger partial charge in [-0.3, -0.25) is 4.79 Å². The van der Waals surface area contributed by atoms with E-state index in [-0.39, 0.29) is 23.5 Å². The summed E-state index contributed by atoms with van der Waals surface area (Å²) in [7, 11) is 0. The highest BCUT2D eigenvalue weighted by Gasteiger charge is 2.25. The van der Waals surface area contributed by atoms with Crippen molar-refractivity contribution in [3.05, 3.63) is 71.1 Å². The maximum absolute atomic E-state index is 13.4. The second-order valence-electron chi connectivity index (χ2n) is 6.80. The van der Waals surface area contributed by atoms with E-state index in [1.807, 2.05) is 24.3 Å². The molecule has 2 aromatic heterocycles. The molecule has 7 nitrogen and oxygen atoms in total. The number of hydrogen-bond acceptors (Lipinski definition) is 6.